The van der Waals surface area contributed by atoms with Crippen molar-refractivity contribution in [2.24, 2.45) is 51.8 Å². The van der Waals surface area contributed by atoms with Crippen LogP contribution in [0.2, 0.25) is 0 Å². The Balaban J connectivity index is 0.00000351. The van der Waals surface area contributed by atoms with Crippen molar-refractivity contribution >= 4 is 30.3 Å². The van der Waals surface area contributed by atoms with Crippen molar-refractivity contribution in [3.05, 3.63) is 23.8 Å². The summed E-state index contributed by atoms with van der Waals surface area (Å²) in [5, 5.41) is 24.4. The molecule has 11 heteroatoms. The highest BCUT2D eigenvalue weighted by Crippen LogP contribution is 2.80. The third-order valence-corrected chi connectivity index (χ3v) is 14.5. The molecule has 47 heavy (non-hydrogen) atoms. The molecule has 0 aromatic rings. The van der Waals surface area contributed by atoms with Gasteiger partial charge >= 0.3 is 17.9 Å². The van der Waals surface area contributed by atoms with Gasteiger partial charge in [-0.1, -0.05) is 30.7 Å². The minimum absolute atomic E-state index is 0. The van der Waals surface area contributed by atoms with Gasteiger partial charge in [0, 0.05) is 67.5 Å². The van der Waals surface area contributed by atoms with E-state index >= 15 is 0 Å². The third kappa shape index (κ3) is 4.26. The molecule has 0 radical (unpaired) electrons. The van der Waals surface area contributed by atoms with E-state index in [9.17, 15) is 24.6 Å². The SMILES string of the molecule is CC(=O)O[C@H]1C[C@@](C)(O)C2CC=C(C)C2[C@H]2OC(=O)[C@]3(C[C@@]45C=C[C@]3(C)C4[C@H]3OC(=O)[C@@H](CN4CCOCC4)C3CC[C@@]5(C)O)C21.Cl. The van der Waals surface area contributed by atoms with Crippen LogP contribution in [0.25, 0.3) is 0 Å². The number of ether oxygens (including phenoxy) is 4. The number of carbonyl (C=O) groups excluding carboxylic acids is 3. The summed E-state index contributed by atoms with van der Waals surface area (Å²) < 4.78 is 24.6. The van der Waals surface area contributed by atoms with Gasteiger partial charge in [0.15, 0.2) is 0 Å². The molecule has 1 spiro atoms. The smallest absolute Gasteiger partial charge is 0.313 e. The molecule has 0 aromatic carbocycles. The van der Waals surface area contributed by atoms with Crippen molar-refractivity contribution in [1.29, 1.82) is 0 Å². The Bertz CT molecular complexity index is 1420. The largest absolute Gasteiger partial charge is 0.462 e. The van der Waals surface area contributed by atoms with Crippen LogP contribution in [-0.2, 0) is 33.3 Å². The van der Waals surface area contributed by atoms with Gasteiger partial charge in [-0.25, -0.2) is 0 Å². The van der Waals surface area contributed by atoms with Gasteiger partial charge in [0.1, 0.15) is 18.3 Å². The zero-order chi connectivity index (χ0) is 32.6. The van der Waals surface area contributed by atoms with Crippen LogP contribution >= 0.6 is 12.4 Å². The van der Waals surface area contributed by atoms with Gasteiger partial charge < -0.3 is 29.2 Å². The monoisotopic (exact) mass is 675 g/mol. The van der Waals surface area contributed by atoms with Crippen LogP contribution in [0.3, 0.4) is 0 Å². The lowest BCUT2D eigenvalue weighted by atomic mass is 9.54. The second kappa shape index (κ2) is 10.8. The van der Waals surface area contributed by atoms with Gasteiger partial charge in [0.05, 0.1) is 41.7 Å². The molecule has 2 bridgehead atoms. The van der Waals surface area contributed by atoms with Gasteiger partial charge in [-0.2, -0.15) is 0 Å². The number of fused-ring (bicyclic) bond motifs is 6. The summed E-state index contributed by atoms with van der Waals surface area (Å²) in [6.07, 6.45) is 6.75. The summed E-state index contributed by atoms with van der Waals surface area (Å²) in [4.78, 5) is 43.5. The Morgan fingerprint density at radius 1 is 1.09 bits per heavy atom. The molecule has 14 atom stereocenters. The van der Waals surface area contributed by atoms with Crippen molar-refractivity contribution in [2.45, 2.75) is 96.2 Å². The highest BCUT2D eigenvalue weighted by molar-refractivity contribution is 5.85. The summed E-state index contributed by atoms with van der Waals surface area (Å²) in [5.41, 5.74) is -4.16. The molecular formula is C36H50ClNO9. The van der Waals surface area contributed by atoms with Gasteiger partial charge in [0.2, 0.25) is 0 Å². The molecular weight excluding hydrogens is 626 g/mol. The highest BCUT2D eigenvalue weighted by atomic mass is 35.5. The first kappa shape index (κ1) is 33.5. The van der Waals surface area contributed by atoms with Gasteiger partial charge in [-0.05, 0) is 46.5 Å². The molecule has 8 rings (SSSR count). The van der Waals surface area contributed by atoms with Crippen molar-refractivity contribution < 1.29 is 43.5 Å². The minimum atomic E-state index is -1.19. The Hall–Kier alpha value is -1.98. The predicted molar refractivity (Wildman–Crippen MR) is 171 cm³/mol. The number of halogens is 1. The van der Waals surface area contributed by atoms with Crippen molar-refractivity contribution in [3.8, 4) is 0 Å². The van der Waals surface area contributed by atoms with Crippen LogP contribution < -0.4 is 0 Å². The van der Waals surface area contributed by atoms with Gasteiger partial charge in [-0.15, -0.1) is 12.4 Å². The predicted octanol–water partition coefficient (Wildman–Crippen LogP) is 3.22. The average molecular weight is 676 g/mol. The summed E-state index contributed by atoms with van der Waals surface area (Å²) in [6, 6.07) is 0. The highest BCUT2D eigenvalue weighted by Gasteiger charge is 2.85. The Kier molecular flexibility index (Phi) is 7.67. The van der Waals surface area contributed by atoms with E-state index in [0.29, 0.717) is 45.4 Å². The van der Waals surface area contributed by atoms with Gasteiger partial charge in [-0.3, -0.25) is 19.3 Å². The molecule has 3 aliphatic heterocycles. The summed E-state index contributed by atoms with van der Waals surface area (Å²) in [6.45, 7) is 12.6. The zero-order valence-electron chi connectivity index (χ0n) is 28.1. The Morgan fingerprint density at radius 2 is 1.81 bits per heavy atom. The average Bonchev–Trinajstić information content (AvgIpc) is 3.70. The molecule has 5 unspecified atom stereocenters. The molecule has 0 amide bonds. The Labute approximate surface area is 283 Å². The summed E-state index contributed by atoms with van der Waals surface area (Å²) >= 11 is 0. The minimum Gasteiger partial charge on any atom is -0.462 e. The topological polar surface area (TPSA) is 132 Å². The van der Waals surface area contributed by atoms with Crippen molar-refractivity contribution in [1.82, 2.24) is 4.90 Å². The van der Waals surface area contributed by atoms with Crippen molar-refractivity contribution in [3.63, 3.8) is 0 Å². The number of nitrogens with zero attached hydrogens (tertiary/aromatic N) is 1. The van der Waals surface area contributed by atoms with Crippen LogP contribution in [0.5, 0.6) is 0 Å². The van der Waals surface area contributed by atoms with E-state index in [1.165, 1.54) is 6.92 Å². The lowest BCUT2D eigenvalue weighted by molar-refractivity contribution is -0.165. The van der Waals surface area contributed by atoms with E-state index in [0.717, 1.165) is 18.7 Å². The fourth-order valence-corrected chi connectivity index (χ4v) is 12.4. The molecule has 5 aliphatic carbocycles. The summed E-state index contributed by atoms with van der Waals surface area (Å²) in [5.74, 6) is -2.76. The maximum atomic E-state index is 14.8. The molecule has 6 fully saturated rings. The standard InChI is InChI=1S/C36H49NO9.ClH/c1-19-6-7-23-25(19)28-26(24(44-20(2)38)16-33(23,4)41)36(31(40)46-28)18-35-11-10-32(36,3)29(35)27-21(8-9-34(35,5)42)22(30(39)45-27)17-37-12-14-43-15-13-37;/h6,10-11,21-29,41-42H,7-9,12-18H2,1-5H3;1H/t21?,22-,23?,24-,25?,26?,27-,28+,29?,32+,33+,34+,35-,36-;/m0./s1. The second-order valence-electron chi connectivity index (χ2n) is 16.6. The zero-order valence-corrected chi connectivity index (χ0v) is 28.9. The van der Waals surface area contributed by atoms with E-state index in [1.54, 1.807) is 0 Å². The van der Waals surface area contributed by atoms with E-state index in [-0.39, 0.29) is 60.4 Å². The fourth-order valence-electron chi connectivity index (χ4n) is 12.4. The molecule has 3 saturated heterocycles. The lowest BCUT2D eigenvalue weighted by Gasteiger charge is -2.46. The van der Waals surface area contributed by atoms with E-state index in [4.69, 9.17) is 18.9 Å². The number of allylic oxidation sites excluding steroid dienone is 2. The number of morpholine rings is 1. The number of carbonyl (C=O) groups is 3. The summed E-state index contributed by atoms with van der Waals surface area (Å²) in [7, 11) is 0. The van der Waals surface area contributed by atoms with Crippen LogP contribution in [0, 0.1) is 51.8 Å². The van der Waals surface area contributed by atoms with Crippen LogP contribution in [0.15, 0.2) is 23.8 Å². The molecule has 8 aliphatic rings. The molecule has 3 heterocycles. The molecule has 260 valence electrons. The van der Waals surface area contributed by atoms with Crippen LogP contribution in [0.1, 0.15) is 66.7 Å². The first-order chi connectivity index (χ1) is 21.7. The number of hydrogen-bond acceptors (Lipinski definition) is 10. The first-order valence-electron chi connectivity index (χ1n) is 17.4. The lowest BCUT2D eigenvalue weighted by Crippen LogP contribution is -2.53. The maximum Gasteiger partial charge on any atom is 0.313 e. The number of rotatable bonds is 3. The fraction of sp³-hybridized carbons (Fsp3) is 0.806. The van der Waals surface area contributed by atoms with Gasteiger partial charge in [0.25, 0.3) is 0 Å². The van der Waals surface area contributed by atoms with E-state index < -0.39 is 57.6 Å². The number of aliphatic hydroxyl groups is 2. The molecule has 0 aromatic heterocycles. The van der Waals surface area contributed by atoms with Crippen LogP contribution in [-0.4, -0.2) is 95.4 Å². The molecule has 10 nitrogen and oxygen atoms in total. The first-order valence-corrected chi connectivity index (χ1v) is 17.4. The maximum absolute atomic E-state index is 14.8. The van der Waals surface area contributed by atoms with E-state index in [1.807, 2.05) is 20.8 Å². The second-order valence-corrected chi connectivity index (χ2v) is 16.6. The van der Waals surface area contributed by atoms with E-state index in [2.05, 4.69) is 30.1 Å². The normalized spacial score (nSPS) is 52.7. The number of hydrogen-bond donors (Lipinski definition) is 2. The van der Waals surface area contributed by atoms with Crippen molar-refractivity contribution in [2.75, 3.05) is 32.8 Å². The van der Waals surface area contributed by atoms with Crippen LogP contribution in [0.4, 0.5) is 0 Å². The third-order valence-electron chi connectivity index (χ3n) is 14.5. The Morgan fingerprint density at radius 3 is 2.51 bits per heavy atom. The number of esters is 3. The quantitative estimate of drug-likeness (QED) is 0.261. The molecule has 3 saturated carbocycles. The molecule has 2 N–H and O–H groups in total.